The van der Waals surface area contributed by atoms with Crippen LogP contribution in [0.4, 0.5) is 0 Å². The van der Waals surface area contributed by atoms with E-state index in [2.05, 4.69) is 67.8 Å². The zero-order valence-electron chi connectivity index (χ0n) is 47.2. The maximum absolute atomic E-state index is 12.5. The molecular weight excluding hydrogens is 875 g/mol. The Bertz CT molecular complexity index is 1240. The number of aliphatic hydroxyl groups excluding tert-OH is 2. The fraction of sp³-hybridized carbons (Fsp3) is 0.815. The van der Waals surface area contributed by atoms with Gasteiger partial charge in [-0.2, -0.15) is 0 Å². The number of unbranched alkanes of at least 4 members (excludes halogenated alkanes) is 39. The van der Waals surface area contributed by atoms with E-state index in [4.69, 9.17) is 4.74 Å². The smallest absolute Gasteiger partial charge is 0.305 e. The van der Waals surface area contributed by atoms with Crippen LogP contribution in [-0.2, 0) is 14.3 Å². The Morgan fingerprint density at radius 1 is 0.408 bits per heavy atom. The van der Waals surface area contributed by atoms with Crippen LogP contribution >= 0.6 is 0 Å². The second-order valence-corrected chi connectivity index (χ2v) is 21.1. The largest absolute Gasteiger partial charge is 0.466 e. The van der Waals surface area contributed by atoms with E-state index in [-0.39, 0.29) is 18.5 Å². The van der Waals surface area contributed by atoms with Crippen molar-refractivity contribution in [2.45, 2.75) is 328 Å². The quantitative estimate of drug-likeness (QED) is 0.0244. The Morgan fingerprint density at radius 3 is 1.17 bits per heavy atom. The third-order valence-corrected chi connectivity index (χ3v) is 14.0. The van der Waals surface area contributed by atoms with Gasteiger partial charge in [0.2, 0.25) is 5.91 Å². The van der Waals surface area contributed by atoms with E-state index in [9.17, 15) is 19.8 Å². The zero-order valence-corrected chi connectivity index (χ0v) is 47.2. The summed E-state index contributed by atoms with van der Waals surface area (Å²) in [5.74, 6) is -0.120. The van der Waals surface area contributed by atoms with Crippen LogP contribution < -0.4 is 5.32 Å². The molecule has 0 aliphatic heterocycles. The van der Waals surface area contributed by atoms with Gasteiger partial charge in [0.05, 0.1) is 25.4 Å². The molecular formula is C65H119NO5. The first-order valence-corrected chi connectivity index (χ1v) is 31.1. The summed E-state index contributed by atoms with van der Waals surface area (Å²) in [6.07, 6.45) is 78.2. The van der Waals surface area contributed by atoms with Gasteiger partial charge in [-0.3, -0.25) is 9.59 Å². The zero-order chi connectivity index (χ0) is 51.4. The topological polar surface area (TPSA) is 95.9 Å². The number of allylic oxidation sites excluding steroid dienone is 9. The van der Waals surface area contributed by atoms with Crippen LogP contribution in [0.15, 0.2) is 60.8 Å². The van der Waals surface area contributed by atoms with E-state index in [1.165, 1.54) is 205 Å². The number of hydrogen-bond donors (Lipinski definition) is 3. The Kier molecular flexibility index (Phi) is 58.1. The highest BCUT2D eigenvalue weighted by Crippen LogP contribution is 2.16. The molecule has 0 aromatic heterocycles. The molecule has 0 heterocycles. The Labute approximate surface area is 441 Å². The average Bonchev–Trinajstić information content (AvgIpc) is 3.37. The van der Waals surface area contributed by atoms with E-state index >= 15 is 0 Å². The van der Waals surface area contributed by atoms with Gasteiger partial charge in [-0.25, -0.2) is 0 Å². The molecule has 0 aliphatic rings. The molecule has 0 aromatic carbocycles. The molecule has 2 unspecified atom stereocenters. The second kappa shape index (κ2) is 60.1. The van der Waals surface area contributed by atoms with E-state index in [0.717, 1.165) is 83.5 Å². The van der Waals surface area contributed by atoms with E-state index in [1.807, 2.05) is 6.08 Å². The highest BCUT2D eigenvalue weighted by molar-refractivity contribution is 5.76. The van der Waals surface area contributed by atoms with Gasteiger partial charge in [-0.15, -0.1) is 0 Å². The molecule has 0 fully saturated rings. The molecule has 0 saturated carbocycles. The number of amides is 1. The first kappa shape index (κ1) is 68.6. The monoisotopic (exact) mass is 994 g/mol. The van der Waals surface area contributed by atoms with Gasteiger partial charge < -0.3 is 20.3 Å². The van der Waals surface area contributed by atoms with Crippen LogP contribution in [0.1, 0.15) is 316 Å². The number of ether oxygens (including phenoxy) is 1. The number of aliphatic hydroxyl groups is 2. The maximum atomic E-state index is 12.5. The molecule has 0 aliphatic carbocycles. The molecule has 71 heavy (non-hydrogen) atoms. The summed E-state index contributed by atoms with van der Waals surface area (Å²) < 4.78 is 5.46. The first-order chi connectivity index (χ1) is 35.0. The van der Waals surface area contributed by atoms with E-state index in [1.54, 1.807) is 6.08 Å². The molecule has 0 saturated heterocycles. The molecule has 3 N–H and O–H groups in total. The minimum absolute atomic E-state index is 0.0304. The highest BCUT2D eigenvalue weighted by atomic mass is 16.5. The molecule has 2 atom stereocenters. The lowest BCUT2D eigenvalue weighted by atomic mass is 10.0. The molecule has 0 bridgehead atoms. The van der Waals surface area contributed by atoms with Crippen molar-refractivity contribution in [1.29, 1.82) is 0 Å². The van der Waals surface area contributed by atoms with Gasteiger partial charge in [0.25, 0.3) is 0 Å². The van der Waals surface area contributed by atoms with Crippen molar-refractivity contribution in [1.82, 2.24) is 5.32 Å². The minimum atomic E-state index is -0.862. The summed E-state index contributed by atoms with van der Waals surface area (Å²) in [4.78, 5) is 24.6. The van der Waals surface area contributed by atoms with Crippen molar-refractivity contribution in [3.05, 3.63) is 60.8 Å². The van der Waals surface area contributed by atoms with E-state index < -0.39 is 12.1 Å². The van der Waals surface area contributed by atoms with Crippen LogP contribution in [0.2, 0.25) is 0 Å². The van der Waals surface area contributed by atoms with Crippen molar-refractivity contribution in [2.75, 3.05) is 13.2 Å². The normalized spacial score (nSPS) is 13.0. The van der Waals surface area contributed by atoms with Gasteiger partial charge in [0.15, 0.2) is 0 Å². The summed E-state index contributed by atoms with van der Waals surface area (Å²) in [5.41, 5.74) is 0. The number of carbonyl (C=O) groups is 2. The van der Waals surface area contributed by atoms with Gasteiger partial charge in [0, 0.05) is 12.8 Å². The predicted octanol–water partition coefficient (Wildman–Crippen LogP) is 19.5. The Morgan fingerprint density at radius 2 is 0.746 bits per heavy atom. The summed E-state index contributed by atoms with van der Waals surface area (Å²) in [7, 11) is 0. The lowest BCUT2D eigenvalue weighted by Crippen LogP contribution is -2.45. The highest BCUT2D eigenvalue weighted by Gasteiger charge is 2.18. The molecule has 6 nitrogen and oxygen atoms in total. The van der Waals surface area contributed by atoms with Crippen molar-refractivity contribution in [2.24, 2.45) is 0 Å². The van der Waals surface area contributed by atoms with Crippen molar-refractivity contribution in [3.8, 4) is 0 Å². The molecule has 0 aromatic rings. The number of rotatable bonds is 57. The summed E-state index contributed by atoms with van der Waals surface area (Å²) in [6, 6.07) is -0.647. The van der Waals surface area contributed by atoms with Crippen molar-refractivity contribution < 1.29 is 24.5 Å². The number of carbonyl (C=O) groups excluding carboxylic acids is 2. The number of nitrogens with one attached hydrogen (secondary N) is 1. The van der Waals surface area contributed by atoms with Crippen LogP contribution in [0, 0.1) is 0 Å². The van der Waals surface area contributed by atoms with Crippen LogP contribution in [0.3, 0.4) is 0 Å². The predicted molar refractivity (Wildman–Crippen MR) is 310 cm³/mol. The first-order valence-electron chi connectivity index (χ1n) is 31.1. The number of esters is 1. The SMILES string of the molecule is CCCCCC/C=C\C/C=C\CCCCCCCCCC(=O)OCCCCC/C=C\C=C/CCCCCCCCC(=O)NC(CO)C(O)/C=C/CCCCCCCCCCCCCCCCCCCCC. The van der Waals surface area contributed by atoms with Crippen molar-refractivity contribution in [3.63, 3.8) is 0 Å². The van der Waals surface area contributed by atoms with Gasteiger partial charge in [0.1, 0.15) is 0 Å². The molecule has 0 spiro atoms. The van der Waals surface area contributed by atoms with Gasteiger partial charge in [-0.1, -0.05) is 267 Å². The number of hydrogen-bond acceptors (Lipinski definition) is 5. The second-order valence-electron chi connectivity index (χ2n) is 21.1. The van der Waals surface area contributed by atoms with Crippen LogP contribution in [-0.4, -0.2) is 47.4 Å². The standard InChI is InChI=1S/C65H119NO5/c1-3-5-7-9-11-13-15-17-19-21-23-24-25-26-29-33-37-41-45-49-53-57-63(68)62(61-67)66-64(69)58-54-50-46-42-38-34-30-28-32-36-40-44-48-52-56-60-71-65(70)59-55-51-47-43-39-35-31-27-22-20-18-16-14-12-10-8-6-4-2/h14,16,20,22,28,32,36,40,53,57,62-63,67-68H,3-13,15,17-19,21,23-27,29-31,33-35,37-39,41-52,54-56,58-61H2,1-2H3,(H,66,69)/b16-14-,22-20-,32-28-,40-36-,57-53+. The molecule has 0 radical (unpaired) electrons. The lowest BCUT2D eigenvalue weighted by molar-refractivity contribution is -0.143. The average molecular weight is 995 g/mol. The van der Waals surface area contributed by atoms with Gasteiger partial charge >= 0.3 is 5.97 Å². The summed E-state index contributed by atoms with van der Waals surface area (Å²) >= 11 is 0. The van der Waals surface area contributed by atoms with Crippen LogP contribution in [0.5, 0.6) is 0 Å². The Hall–Kier alpha value is -2.44. The summed E-state index contributed by atoms with van der Waals surface area (Å²) in [6.45, 7) is 4.84. The molecule has 1 amide bonds. The summed E-state index contributed by atoms with van der Waals surface area (Å²) in [5, 5.41) is 23.2. The lowest BCUT2D eigenvalue weighted by Gasteiger charge is -2.20. The fourth-order valence-electron chi connectivity index (χ4n) is 9.24. The maximum Gasteiger partial charge on any atom is 0.305 e. The Balaban J connectivity index is 3.55. The molecule has 6 heteroatoms. The van der Waals surface area contributed by atoms with Crippen LogP contribution in [0.25, 0.3) is 0 Å². The minimum Gasteiger partial charge on any atom is -0.466 e. The molecule has 0 rings (SSSR count). The van der Waals surface area contributed by atoms with Crippen molar-refractivity contribution >= 4 is 11.9 Å². The van der Waals surface area contributed by atoms with E-state index in [0.29, 0.717) is 19.4 Å². The molecule has 414 valence electrons. The third-order valence-electron chi connectivity index (χ3n) is 14.0. The fourth-order valence-corrected chi connectivity index (χ4v) is 9.24. The van der Waals surface area contributed by atoms with Gasteiger partial charge in [-0.05, 0) is 96.3 Å². The third kappa shape index (κ3) is 56.7.